The van der Waals surface area contributed by atoms with E-state index in [2.05, 4.69) is 5.32 Å². The highest BCUT2D eigenvalue weighted by Gasteiger charge is 2.34. The van der Waals surface area contributed by atoms with Gasteiger partial charge in [0.25, 0.3) is 0 Å². The Balaban J connectivity index is 2.62. The first-order valence-corrected chi connectivity index (χ1v) is 5.97. The molecule has 18 heavy (non-hydrogen) atoms. The molecule has 5 heteroatoms. The average molecular weight is 261 g/mol. The predicted molar refractivity (Wildman–Crippen MR) is 64.7 cm³/mol. The number of halogens is 3. The van der Waals surface area contributed by atoms with E-state index >= 15 is 0 Å². The van der Waals surface area contributed by atoms with E-state index in [0.29, 0.717) is 0 Å². The Labute approximate surface area is 105 Å². The maximum absolute atomic E-state index is 12.7. The molecule has 0 aromatic heterocycles. The molecule has 0 spiro atoms. The second kappa shape index (κ2) is 6.64. The van der Waals surface area contributed by atoms with Crippen molar-refractivity contribution in [2.24, 2.45) is 0 Å². The molecule has 0 fully saturated rings. The van der Waals surface area contributed by atoms with Gasteiger partial charge >= 0.3 is 6.18 Å². The van der Waals surface area contributed by atoms with E-state index in [4.69, 9.17) is 4.74 Å². The third kappa shape index (κ3) is 4.56. The van der Waals surface area contributed by atoms with Crippen LogP contribution in [0.15, 0.2) is 24.3 Å². The van der Waals surface area contributed by atoms with Gasteiger partial charge < -0.3 is 10.1 Å². The molecule has 1 unspecified atom stereocenters. The fraction of sp³-hybridized carbons (Fsp3) is 0.538. The molecule has 0 bridgehead atoms. The van der Waals surface area contributed by atoms with Crippen LogP contribution in [0.2, 0.25) is 0 Å². The molecular weight excluding hydrogens is 243 g/mol. The Kier molecular flexibility index (Phi) is 5.47. The van der Waals surface area contributed by atoms with Crippen LogP contribution in [0.25, 0.3) is 0 Å². The van der Waals surface area contributed by atoms with Crippen LogP contribution in [0.3, 0.4) is 0 Å². The summed E-state index contributed by atoms with van der Waals surface area (Å²) in [6.45, 7) is 4.95. The van der Waals surface area contributed by atoms with Crippen LogP contribution in [0.1, 0.15) is 25.8 Å². The number of hydrogen-bond donors (Lipinski definition) is 1. The van der Waals surface area contributed by atoms with Crippen molar-refractivity contribution in [2.75, 3.05) is 13.2 Å². The summed E-state index contributed by atoms with van der Waals surface area (Å²) in [7, 11) is 0. The third-order valence-corrected chi connectivity index (χ3v) is 2.42. The van der Waals surface area contributed by atoms with Gasteiger partial charge in [0.1, 0.15) is 12.4 Å². The maximum atomic E-state index is 12.7. The van der Waals surface area contributed by atoms with Gasteiger partial charge in [0.15, 0.2) is 0 Å². The van der Waals surface area contributed by atoms with E-state index in [1.165, 1.54) is 18.2 Å². The van der Waals surface area contributed by atoms with Crippen molar-refractivity contribution in [1.82, 2.24) is 5.32 Å². The van der Waals surface area contributed by atoms with E-state index in [1.807, 2.05) is 13.8 Å². The quantitative estimate of drug-likeness (QED) is 0.846. The van der Waals surface area contributed by atoms with Gasteiger partial charge in [-0.05, 0) is 32.0 Å². The lowest BCUT2D eigenvalue weighted by Crippen LogP contribution is -2.32. The maximum Gasteiger partial charge on any atom is 0.419 e. The van der Waals surface area contributed by atoms with Crippen molar-refractivity contribution in [1.29, 1.82) is 0 Å². The zero-order valence-electron chi connectivity index (χ0n) is 10.6. The molecule has 1 rings (SSSR count). The lowest BCUT2D eigenvalue weighted by molar-refractivity contribution is -0.139. The van der Waals surface area contributed by atoms with Gasteiger partial charge in [-0.2, -0.15) is 13.2 Å². The van der Waals surface area contributed by atoms with Crippen LogP contribution >= 0.6 is 0 Å². The Morgan fingerprint density at radius 2 is 1.94 bits per heavy atom. The summed E-state index contributed by atoms with van der Waals surface area (Å²) >= 11 is 0. The Morgan fingerprint density at radius 3 is 2.56 bits per heavy atom. The molecule has 1 aromatic rings. The van der Waals surface area contributed by atoms with Gasteiger partial charge in [0.2, 0.25) is 0 Å². The largest absolute Gasteiger partial charge is 0.491 e. The van der Waals surface area contributed by atoms with Gasteiger partial charge in [-0.25, -0.2) is 0 Å². The molecule has 1 atom stereocenters. The fourth-order valence-electron chi connectivity index (χ4n) is 1.49. The molecule has 1 aromatic carbocycles. The zero-order valence-corrected chi connectivity index (χ0v) is 10.6. The van der Waals surface area contributed by atoms with Gasteiger partial charge in [-0.1, -0.05) is 19.1 Å². The van der Waals surface area contributed by atoms with Crippen molar-refractivity contribution in [3.63, 3.8) is 0 Å². The van der Waals surface area contributed by atoms with E-state index in [1.54, 1.807) is 0 Å². The summed E-state index contributed by atoms with van der Waals surface area (Å²) in [6.07, 6.45) is -3.40. The normalized spacial score (nSPS) is 13.4. The Bertz CT molecular complexity index is 365. The summed E-state index contributed by atoms with van der Waals surface area (Å²) in [4.78, 5) is 0. The number of para-hydroxylation sites is 1. The second-order valence-electron chi connectivity index (χ2n) is 4.16. The molecule has 0 amide bonds. The lowest BCUT2D eigenvalue weighted by Gasteiger charge is -2.17. The predicted octanol–water partition coefficient (Wildman–Crippen LogP) is 3.47. The first-order chi connectivity index (χ1) is 8.45. The summed E-state index contributed by atoms with van der Waals surface area (Å²) < 4.78 is 43.3. The summed E-state index contributed by atoms with van der Waals surface area (Å²) in [5, 5.41) is 3.15. The number of benzene rings is 1. The molecule has 2 nitrogen and oxygen atoms in total. The van der Waals surface area contributed by atoms with Crippen molar-refractivity contribution < 1.29 is 17.9 Å². The molecule has 0 aliphatic carbocycles. The first kappa shape index (κ1) is 14.8. The van der Waals surface area contributed by atoms with Gasteiger partial charge in [-0.3, -0.25) is 0 Å². The average Bonchev–Trinajstić information content (AvgIpc) is 2.33. The van der Waals surface area contributed by atoms with E-state index in [9.17, 15) is 13.2 Å². The minimum absolute atomic E-state index is 0.0197. The summed E-state index contributed by atoms with van der Waals surface area (Å²) in [5.74, 6) is -0.116. The second-order valence-corrected chi connectivity index (χ2v) is 4.16. The molecule has 0 saturated heterocycles. The fourth-order valence-corrected chi connectivity index (χ4v) is 1.49. The molecule has 0 radical (unpaired) electrons. The summed E-state index contributed by atoms with van der Waals surface area (Å²) in [6, 6.07) is 5.28. The van der Waals surface area contributed by atoms with Crippen LogP contribution in [-0.4, -0.2) is 19.2 Å². The molecule has 0 aliphatic rings. The Hall–Kier alpha value is -1.23. The minimum Gasteiger partial charge on any atom is -0.491 e. The van der Waals surface area contributed by atoms with Crippen LogP contribution in [0.5, 0.6) is 5.75 Å². The molecule has 0 aliphatic heterocycles. The highest BCUT2D eigenvalue weighted by Crippen LogP contribution is 2.35. The van der Waals surface area contributed by atoms with E-state index in [-0.39, 0.29) is 18.4 Å². The monoisotopic (exact) mass is 261 g/mol. The molecule has 0 saturated carbocycles. The Morgan fingerprint density at radius 1 is 1.28 bits per heavy atom. The standard InChI is InChI=1S/C13H18F3NO/c1-3-8-17-10(2)9-18-12-7-5-4-6-11(12)13(14,15)16/h4-7,10,17H,3,8-9H2,1-2H3. The number of hydrogen-bond acceptors (Lipinski definition) is 2. The third-order valence-electron chi connectivity index (χ3n) is 2.42. The van der Waals surface area contributed by atoms with Crippen LogP contribution in [-0.2, 0) is 6.18 Å². The topological polar surface area (TPSA) is 21.3 Å². The number of alkyl halides is 3. The van der Waals surface area contributed by atoms with Crippen molar-refractivity contribution in [3.8, 4) is 5.75 Å². The van der Waals surface area contributed by atoms with Crippen molar-refractivity contribution in [2.45, 2.75) is 32.5 Å². The van der Waals surface area contributed by atoms with Crippen LogP contribution < -0.4 is 10.1 Å². The van der Waals surface area contributed by atoms with E-state index in [0.717, 1.165) is 19.0 Å². The number of rotatable bonds is 6. The highest BCUT2D eigenvalue weighted by atomic mass is 19.4. The van der Waals surface area contributed by atoms with Crippen LogP contribution in [0, 0.1) is 0 Å². The van der Waals surface area contributed by atoms with Gasteiger partial charge in [0, 0.05) is 6.04 Å². The highest BCUT2D eigenvalue weighted by molar-refractivity contribution is 5.35. The SMILES string of the molecule is CCCNC(C)COc1ccccc1C(F)(F)F. The van der Waals surface area contributed by atoms with Crippen molar-refractivity contribution in [3.05, 3.63) is 29.8 Å². The first-order valence-electron chi connectivity index (χ1n) is 5.97. The van der Waals surface area contributed by atoms with E-state index < -0.39 is 11.7 Å². The summed E-state index contributed by atoms with van der Waals surface area (Å²) in [5.41, 5.74) is -0.729. The minimum atomic E-state index is -4.38. The number of nitrogens with one attached hydrogen (secondary N) is 1. The zero-order chi connectivity index (χ0) is 13.6. The molecule has 102 valence electrons. The van der Waals surface area contributed by atoms with Crippen molar-refractivity contribution >= 4 is 0 Å². The van der Waals surface area contributed by atoms with Gasteiger partial charge in [0.05, 0.1) is 5.56 Å². The smallest absolute Gasteiger partial charge is 0.419 e. The number of ether oxygens (including phenoxy) is 1. The molecule has 1 N–H and O–H groups in total. The van der Waals surface area contributed by atoms with Gasteiger partial charge in [-0.15, -0.1) is 0 Å². The molecular formula is C13H18F3NO. The lowest BCUT2D eigenvalue weighted by atomic mass is 10.2. The molecule has 0 heterocycles. The van der Waals surface area contributed by atoms with Crippen LogP contribution in [0.4, 0.5) is 13.2 Å².